The Labute approximate surface area is 125 Å². The van der Waals surface area contributed by atoms with Crippen LogP contribution in [0.25, 0.3) is 0 Å². The van der Waals surface area contributed by atoms with E-state index in [1.807, 2.05) is 6.07 Å². The lowest BCUT2D eigenvalue weighted by molar-refractivity contribution is 0.0134. The second kappa shape index (κ2) is 6.41. The Morgan fingerprint density at radius 1 is 1.26 bits per heavy atom. The largest absolute Gasteiger partial charge is 0.392 e. The van der Waals surface area contributed by atoms with Crippen molar-refractivity contribution < 1.29 is 5.11 Å². The Bertz CT molecular complexity index is 407. The van der Waals surface area contributed by atoms with Crippen molar-refractivity contribution in [3.05, 3.63) is 34.3 Å². The van der Waals surface area contributed by atoms with Crippen LogP contribution in [-0.2, 0) is 6.42 Å². The number of aliphatic hydroxyl groups is 1. The van der Waals surface area contributed by atoms with Crippen LogP contribution in [0.3, 0.4) is 0 Å². The Morgan fingerprint density at radius 2 is 1.95 bits per heavy atom. The topological polar surface area (TPSA) is 20.2 Å². The van der Waals surface area contributed by atoms with Crippen LogP contribution in [-0.4, -0.2) is 11.2 Å². The molecule has 1 aliphatic rings. The number of benzene rings is 1. The van der Waals surface area contributed by atoms with E-state index in [1.54, 1.807) is 0 Å². The fourth-order valence-electron chi connectivity index (χ4n) is 3.67. The molecule has 1 aromatic carbocycles. The van der Waals surface area contributed by atoms with Crippen molar-refractivity contribution in [2.75, 3.05) is 0 Å². The summed E-state index contributed by atoms with van der Waals surface area (Å²) in [4.78, 5) is 0. The van der Waals surface area contributed by atoms with Crippen molar-refractivity contribution in [2.45, 2.75) is 58.5 Å². The standard InChI is InChI=1S/C17H25BrO/c1-13(2)12-17(8-3-4-9-17)16(19)11-14-6-5-7-15(18)10-14/h5-7,10,13,16,19H,3-4,8-9,11-12H2,1-2H3. The third-order valence-corrected chi connectivity index (χ3v) is 4.93. The van der Waals surface area contributed by atoms with E-state index in [0.29, 0.717) is 5.92 Å². The van der Waals surface area contributed by atoms with Crippen molar-refractivity contribution in [2.24, 2.45) is 11.3 Å². The van der Waals surface area contributed by atoms with Crippen molar-refractivity contribution >= 4 is 15.9 Å². The van der Waals surface area contributed by atoms with Crippen LogP contribution in [0, 0.1) is 11.3 Å². The summed E-state index contributed by atoms with van der Waals surface area (Å²) < 4.78 is 1.10. The van der Waals surface area contributed by atoms with Gasteiger partial charge in [-0.3, -0.25) is 0 Å². The highest BCUT2D eigenvalue weighted by Gasteiger charge is 2.40. The first-order valence-corrected chi connectivity index (χ1v) is 8.24. The normalized spacial score (nSPS) is 19.8. The van der Waals surface area contributed by atoms with Gasteiger partial charge in [0, 0.05) is 4.47 Å². The minimum Gasteiger partial charge on any atom is -0.392 e. The van der Waals surface area contributed by atoms with Crippen molar-refractivity contribution in [1.82, 2.24) is 0 Å². The quantitative estimate of drug-likeness (QED) is 0.811. The summed E-state index contributed by atoms with van der Waals surface area (Å²) >= 11 is 3.51. The average molecular weight is 325 g/mol. The molecule has 2 rings (SSSR count). The van der Waals surface area contributed by atoms with Crippen LogP contribution in [0.1, 0.15) is 51.5 Å². The van der Waals surface area contributed by atoms with Crippen LogP contribution in [0.2, 0.25) is 0 Å². The molecule has 1 nitrogen and oxygen atoms in total. The molecule has 19 heavy (non-hydrogen) atoms. The molecule has 0 heterocycles. The molecule has 0 aliphatic heterocycles. The summed E-state index contributed by atoms with van der Waals surface area (Å²) in [6.07, 6.45) is 6.69. The molecule has 1 atom stereocenters. The molecular formula is C17H25BrO. The SMILES string of the molecule is CC(C)CC1(C(O)Cc2cccc(Br)c2)CCCC1. The molecule has 106 valence electrons. The Hall–Kier alpha value is -0.340. The number of hydrogen-bond acceptors (Lipinski definition) is 1. The molecule has 1 N–H and O–H groups in total. The highest BCUT2D eigenvalue weighted by atomic mass is 79.9. The fourth-order valence-corrected chi connectivity index (χ4v) is 4.12. The van der Waals surface area contributed by atoms with E-state index in [4.69, 9.17) is 0 Å². The van der Waals surface area contributed by atoms with Gasteiger partial charge in [0.05, 0.1) is 6.10 Å². The molecule has 1 aliphatic carbocycles. The molecule has 0 amide bonds. The number of aliphatic hydroxyl groups excluding tert-OH is 1. The minimum atomic E-state index is -0.202. The average Bonchev–Trinajstić information content (AvgIpc) is 2.78. The highest BCUT2D eigenvalue weighted by molar-refractivity contribution is 9.10. The number of rotatable bonds is 5. The predicted octanol–water partition coefficient (Wildman–Crippen LogP) is 4.96. The smallest absolute Gasteiger partial charge is 0.0636 e. The molecule has 0 bridgehead atoms. The lowest BCUT2D eigenvalue weighted by Crippen LogP contribution is -2.35. The zero-order valence-corrected chi connectivity index (χ0v) is 13.6. The van der Waals surface area contributed by atoms with Gasteiger partial charge in [0.1, 0.15) is 0 Å². The summed E-state index contributed by atoms with van der Waals surface area (Å²) in [6.45, 7) is 4.54. The molecule has 0 spiro atoms. The predicted molar refractivity (Wildman–Crippen MR) is 84.2 cm³/mol. The Morgan fingerprint density at radius 3 is 2.53 bits per heavy atom. The van der Waals surface area contributed by atoms with Gasteiger partial charge in [0.15, 0.2) is 0 Å². The monoisotopic (exact) mass is 324 g/mol. The third kappa shape index (κ3) is 3.82. The van der Waals surface area contributed by atoms with Gasteiger partial charge in [0.2, 0.25) is 0 Å². The summed E-state index contributed by atoms with van der Waals surface area (Å²) in [6, 6.07) is 8.33. The lowest BCUT2D eigenvalue weighted by Gasteiger charge is -2.36. The first-order valence-electron chi connectivity index (χ1n) is 7.44. The summed E-state index contributed by atoms with van der Waals surface area (Å²) in [5, 5.41) is 10.8. The van der Waals surface area contributed by atoms with E-state index in [1.165, 1.54) is 31.2 Å². The molecule has 1 aromatic rings. The van der Waals surface area contributed by atoms with Gasteiger partial charge in [-0.1, -0.05) is 54.8 Å². The summed E-state index contributed by atoms with van der Waals surface area (Å²) in [5.41, 5.74) is 1.40. The molecule has 1 unspecified atom stereocenters. The molecule has 0 saturated heterocycles. The van der Waals surface area contributed by atoms with Crippen molar-refractivity contribution in [3.8, 4) is 0 Å². The summed E-state index contributed by atoms with van der Waals surface area (Å²) in [5.74, 6) is 0.662. The van der Waals surface area contributed by atoms with Crippen LogP contribution in [0.5, 0.6) is 0 Å². The minimum absolute atomic E-state index is 0.163. The number of hydrogen-bond donors (Lipinski definition) is 1. The van der Waals surface area contributed by atoms with Crippen LogP contribution in [0.4, 0.5) is 0 Å². The lowest BCUT2D eigenvalue weighted by atomic mass is 9.72. The van der Waals surface area contributed by atoms with E-state index >= 15 is 0 Å². The Balaban J connectivity index is 2.09. The molecule has 2 heteroatoms. The van der Waals surface area contributed by atoms with E-state index in [2.05, 4.69) is 48.0 Å². The van der Waals surface area contributed by atoms with Gasteiger partial charge < -0.3 is 5.11 Å². The van der Waals surface area contributed by atoms with Crippen molar-refractivity contribution in [3.63, 3.8) is 0 Å². The Kier molecular flexibility index (Phi) is 5.08. The van der Waals surface area contributed by atoms with Gasteiger partial charge in [-0.15, -0.1) is 0 Å². The highest BCUT2D eigenvalue weighted by Crippen LogP contribution is 2.46. The summed E-state index contributed by atoms with van der Waals surface area (Å²) in [7, 11) is 0. The van der Waals surface area contributed by atoms with Gasteiger partial charge in [-0.25, -0.2) is 0 Å². The molecule has 1 saturated carbocycles. The first kappa shape index (κ1) is 15.1. The second-order valence-corrected chi connectivity index (χ2v) is 7.43. The van der Waals surface area contributed by atoms with Crippen molar-refractivity contribution in [1.29, 1.82) is 0 Å². The van der Waals surface area contributed by atoms with Gasteiger partial charge in [0.25, 0.3) is 0 Å². The first-order chi connectivity index (χ1) is 9.02. The number of halogens is 1. The van der Waals surface area contributed by atoms with Crippen LogP contribution < -0.4 is 0 Å². The third-order valence-electron chi connectivity index (χ3n) is 4.44. The zero-order chi connectivity index (χ0) is 13.9. The van der Waals surface area contributed by atoms with E-state index in [0.717, 1.165) is 17.3 Å². The molecule has 1 fully saturated rings. The molecule has 0 radical (unpaired) electrons. The molecule has 0 aromatic heterocycles. The maximum Gasteiger partial charge on any atom is 0.0636 e. The maximum atomic E-state index is 10.8. The fraction of sp³-hybridized carbons (Fsp3) is 0.647. The molecular weight excluding hydrogens is 300 g/mol. The van der Waals surface area contributed by atoms with Crippen LogP contribution in [0.15, 0.2) is 28.7 Å². The van der Waals surface area contributed by atoms with Gasteiger partial charge in [-0.2, -0.15) is 0 Å². The van der Waals surface area contributed by atoms with Gasteiger partial charge in [-0.05, 0) is 54.7 Å². The van der Waals surface area contributed by atoms with E-state index in [9.17, 15) is 5.11 Å². The van der Waals surface area contributed by atoms with Crippen LogP contribution >= 0.6 is 15.9 Å². The second-order valence-electron chi connectivity index (χ2n) is 6.52. The maximum absolute atomic E-state index is 10.8. The van der Waals surface area contributed by atoms with Gasteiger partial charge >= 0.3 is 0 Å². The van der Waals surface area contributed by atoms with E-state index in [-0.39, 0.29) is 11.5 Å². The van der Waals surface area contributed by atoms with E-state index < -0.39 is 0 Å². The zero-order valence-electron chi connectivity index (χ0n) is 12.0.